The highest BCUT2D eigenvalue weighted by molar-refractivity contribution is 6.12. The summed E-state index contributed by atoms with van der Waals surface area (Å²) < 4.78 is 7.03. The van der Waals surface area contributed by atoms with Gasteiger partial charge in [0.25, 0.3) is 11.6 Å². The van der Waals surface area contributed by atoms with Gasteiger partial charge in [0.2, 0.25) is 5.95 Å². The van der Waals surface area contributed by atoms with Gasteiger partial charge in [-0.3, -0.25) is 10.1 Å². The van der Waals surface area contributed by atoms with Crippen LogP contribution >= 0.6 is 0 Å². The molecule has 24 heavy (non-hydrogen) atoms. The average Bonchev–Trinajstić information content (AvgIpc) is 3.08. The zero-order valence-electron chi connectivity index (χ0n) is 13.5. The highest BCUT2D eigenvalue weighted by Gasteiger charge is 2.19. The maximum Gasteiger partial charge on any atom is 0.258 e. The number of aromatic nitrogens is 4. The fourth-order valence-electron chi connectivity index (χ4n) is 2.82. The number of pyridine rings is 1. The predicted octanol–water partition coefficient (Wildman–Crippen LogP) is 2.98. The molecular weight excluding hydrogens is 306 g/mol. The molecule has 0 aliphatic heterocycles. The molecule has 7 nitrogen and oxygen atoms in total. The van der Waals surface area contributed by atoms with E-state index in [2.05, 4.69) is 20.4 Å². The van der Waals surface area contributed by atoms with Crippen molar-refractivity contribution in [3.63, 3.8) is 0 Å². The van der Waals surface area contributed by atoms with Crippen LogP contribution in [0.4, 0.5) is 5.95 Å². The van der Waals surface area contributed by atoms with Gasteiger partial charge in [0, 0.05) is 12.7 Å². The Morgan fingerprint density at radius 1 is 1.21 bits per heavy atom. The smallest absolute Gasteiger partial charge is 0.258 e. The van der Waals surface area contributed by atoms with Gasteiger partial charge in [0.15, 0.2) is 0 Å². The Morgan fingerprint density at radius 3 is 2.79 bits per heavy atom. The van der Waals surface area contributed by atoms with Crippen LogP contribution in [-0.4, -0.2) is 25.6 Å². The van der Waals surface area contributed by atoms with Crippen molar-refractivity contribution in [2.75, 3.05) is 5.32 Å². The Balaban J connectivity index is 1.79. The van der Waals surface area contributed by atoms with E-state index in [1.807, 2.05) is 42.8 Å². The number of carbonyl (C=O) groups excluding carboxylic acids is 1. The minimum atomic E-state index is -0.268. The van der Waals surface area contributed by atoms with Gasteiger partial charge in [-0.1, -0.05) is 17.3 Å². The molecule has 120 valence electrons. The van der Waals surface area contributed by atoms with Crippen molar-refractivity contribution in [1.82, 2.24) is 19.7 Å². The first-order valence-electron chi connectivity index (χ1n) is 7.51. The lowest BCUT2D eigenvalue weighted by atomic mass is 10.1. The second-order valence-electron chi connectivity index (χ2n) is 5.70. The lowest BCUT2D eigenvalue weighted by Gasteiger charge is -2.07. The highest BCUT2D eigenvalue weighted by atomic mass is 16.5. The van der Waals surface area contributed by atoms with Crippen molar-refractivity contribution in [1.29, 1.82) is 0 Å². The molecule has 3 aromatic heterocycles. The number of aryl methyl sites for hydroxylation is 3. The fraction of sp³-hybridized carbons (Fsp3) is 0.176. The summed E-state index contributed by atoms with van der Waals surface area (Å²) in [5.41, 5.74) is 3.94. The molecule has 0 fully saturated rings. The van der Waals surface area contributed by atoms with Crippen LogP contribution in [0.2, 0.25) is 0 Å². The Hall–Kier alpha value is -3.22. The number of imidazole rings is 1. The first-order valence-corrected chi connectivity index (χ1v) is 7.51. The molecule has 1 aromatic carbocycles. The van der Waals surface area contributed by atoms with Crippen LogP contribution in [0.1, 0.15) is 21.7 Å². The Labute approximate surface area is 137 Å². The van der Waals surface area contributed by atoms with Crippen molar-refractivity contribution in [2.24, 2.45) is 7.05 Å². The van der Waals surface area contributed by atoms with E-state index in [0.717, 1.165) is 11.0 Å². The molecule has 0 atom stereocenters. The lowest BCUT2D eigenvalue weighted by molar-refractivity contribution is 0.102. The predicted molar refractivity (Wildman–Crippen MR) is 89.9 cm³/mol. The molecule has 0 radical (unpaired) electrons. The first kappa shape index (κ1) is 14.4. The molecule has 0 saturated heterocycles. The summed E-state index contributed by atoms with van der Waals surface area (Å²) in [6.07, 6.45) is 0. The quantitative estimate of drug-likeness (QED) is 0.613. The van der Waals surface area contributed by atoms with E-state index in [4.69, 9.17) is 4.52 Å². The third kappa shape index (κ3) is 2.13. The van der Waals surface area contributed by atoms with Gasteiger partial charge in [-0.05, 0) is 32.0 Å². The molecule has 0 unspecified atom stereocenters. The van der Waals surface area contributed by atoms with E-state index in [1.165, 1.54) is 0 Å². The topological polar surface area (TPSA) is 85.8 Å². The SMILES string of the molecule is Cc1cc(C(=O)Nc2nc3ccccc3n2C)c2c(C)noc2n1. The van der Waals surface area contributed by atoms with Crippen LogP contribution in [0.5, 0.6) is 0 Å². The lowest BCUT2D eigenvalue weighted by Crippen LogP contribution is -2.16. The van der Waals surface area contributed by atoms with E-state index < -0.39 is 0 Å². The van der Waals surface area contributed by atoms with Crippen LogP contribution in [0.25, 0.3) is 22.1 Å². The van der Waals surface area contributed by atoms with E-state index in [9.17, 15) is 4.79 Å². The van der Waals surface area contributed by atoms with Crippen molar-refractivity contribution in [3.05, 3.63) is 47.3 Å². The number of hydrogen-bond acceptors (Lipinski definition) is 5. The molecule has 0 aliphatic rings. The average molecular weight is 321 g/mol. The number of nitrogens with one attached hydrogen (secondary N) is 1. The maximum atomic E-state index is 12.8. The normalized spacial score (nSPS) is 11.3. The zero-order chi connectivity index (χ0) is 16.8. The Morgan fingerprint density at radius 2 is 2.00 bits per heavy atom. The minimum Gasteiger partial charge on any atom is -0.336 e. The molecular formula is C17H15N5O2. The number of rotatable bonds is 2. The second kappa shape index (κ2) is 5.16. The molecule has 0 spiro atoms. The summed E-state index contributed by atoms with van der Waals surface area (Å²) in [5.74, 6) is 0.216. The second-order valence-corrected chi connectivity index (χ2v) is 5.70. The summed E-state index contributed by atoms with van der Waals surface area (Å²) in [5, 5.41) is 7.39. The number of benzene rings is 1. The van der Waals surface area contributed by atoms with Crippen LogP contribution in [0.15, 0.2) is 34.9 Å². The zero-order valence-corrected chi connectivity index (χ0v) is 13.5. The largest absolute Gasteiger partial charge is 0.336 e. The summed E-state index contributed by atoms with van der Waals surface area (Å²) in [7, 11) is 1.86. The van der Waals surface area contributed by atoms with Gasteiger partial charge in [0.1, 0.15) is 0 Å². The molecule has 4 aromatic rings. The number of hydrogen-bond donors (Lipinski definition) is 1. The van der Waals surface area contributed by atoms with Gasteiger partial charge in [-0.15, -0.1) is 0 Å². The first-order chi connectivity index (χ1) is 11.5. The van der Waals surface area contributed by atoms with Gasteiger partial charge in [-0.25, -0.2) is 9.97 Å². The minimum absolute atomic E-state index is 0.268. The monoisotopic (exact) mass is 321 g/mol. The molecule has 3 heterocycles. The third-order valence-corrected chi connectivity index (χ3v) is 4.00. The van der Waals surface area contributed by atoms with Gasteiger partial charge >= 0.3 is 0 Å². The van der Waals surface area contributed by atoms with Crippen molar-refractivity contribution in [3.8, 4) is 0 Å². The van der Waals surface area contributed by atoms with Crippen LogP contribution < -0.4 is 5.32 Å². The molecule has 0 bridgehead atoms. The highest BCUT2D eigenvalue weighted by Crippen LogP contribution is 2.24. The Bertz CT molecular complexity index is 1090. The maximum absolute atomic E-state index is 12.8. The summed E-state index contributed by atoms with van der Waals surface area (Å²) in [4.78, 5) is 21.5. The number of anilines is 1. The van der Waals surface area contributed by atoms with Crippen molar-refractivity contribution >= 4 is 34.0 Å². The Kier molecular flexibility index (Phi) is 3.09. The summed E-state index contributed by atoms with van der Waals surface area (Å²) >= 11 is 0. The van der Waals surface area contributed by atoms with Gasteiger partial charge in [-0.2, -0.15) is 0 Å². The summed E-state index contributed by atoms with van der Waals surface area (Å²) in [6.45, 7) is 3.60. The van der Waals surface area contributed by atoms with E-state index >= 15 is 0 Å². The third-order valence-electron chi connectivity index (χ3n) is 4.00. The number of carbonyl (C=O) groups is 1. The number of fused-ring (bicyclic) bond motifs is 2. The number of nitrogens with zero attached hydrogens (tertiary/aromatic N) is 4. The van der Waals surface area contributed by atoms with Crippen LogP contribution in [0, 0.1) is 13.8 Å². The molecule has 7 heteroatoms. The van der Waals surface area contributed by atoms with E-state index in [-0.39, 0.29) is 5.91 Å². The molecule has 0 saturated carbocycles. The molecule has 4 rings (SSSR count). The molecule has 1 N–H and O–H groups in total. The molecule has 1 amide bonds. The van der Waals surface area contributed by atoms with Gasteiger partial charge in [0.05, 0.1) is 27.7 Å². The van der Waals surface area contributed by atoms with Crippen LogP contribution in [0.3, 0.4) is 0 Å². The fourth-order valence-corrected chi connectivity index (χ4v) is 2.82. The standard InChI is InChI=1S/C17H15N5O2/c1-9-8-11(14-10(2)21-24-16(14)18-9)15(23)20-17-19-12-6-4-5-7-13(12)22(17)3/h4-8H,1-3H3,(H,19,20,23). The number of para-hydroxylation sites is 2. The van der Waals surface area contributed by atoms with E-state index in [1.54, 1.807) is 13.0 Å². The van der Waals surface area contributed by atoms with Crippen LogP contribution in [-0.2, 0) is 7.05 Å². The summed E-state index contributed by atoms with van der Waals surface area (Å²) in [6, 6.07) is 9.44. The van der Waals surface area contributed by atoms with Gasteiger partial charge < -0.3 is 9.09 Å². The number of amides is 1. The van der Waals surface area contributed by atoms with Crippen molar-refractivity contribution < 1.29 is 9.32 Å². The van der Waals surface area contributed by atoms with Crippen molar-refractivity contribution in [2.45, 2.75) is 13.8 Å². The van der Waals surface area contributed by atoms with E-state index in [0.29, 0.717) is 34.0 Å². The molecule has 0 aliphatic carbocycles.